The van der Waals surface area contributed by atoms with Crippen LogP contribution in [-0.4, -0.2) is 60.2 Å². The van der Waals surface area contributed by atoms with Gasteiger partial charge in [0.15, 0.2) is 17.2 Å². The molecule has 3 heterocycles. The zero-order valence-electron chi connectivity index (χ0n) is 18.9. The molecule has 1 aliphatic rings. The van der Waals surface area contributed by atoms with Crippen molar-refractivity contribution in [2.75, 3.05) is 30.6 Å². The molecule has 0 saturated carbocycles. The number of likely N-dealkylation sites (N-methyl/N-ethyl adjacent to an activating group) is 1. The molecule has 0 fully saturated rings. The van der Waals surface area contributed by atoms with Crippen molar-refractivity contribution in [3.63, 3.8) is 0 Å². The third-order valence-electron chi connectivity index (χ3n) is 5.67. The molecule has 0 atom stereocenters. The lowest BCUT2D eigenvalue weighted by Crippen LogP contribution is -2.23. The Balaban J connectivity index is 1.62. The zero-order valence-corrected chi connectivity index (χ0v) is 19.7. The maximum atomic E-state index is 15.0. The molecule has 4 rings (SSSR count). The van der Waals surface area contributed by atoms with Crippen LogP contribution in [0.3, 0.4) is 0 Å². The third kappa shape index (κ3) is 5.00. The fourth-order valence-corrected chi connectivity index (χ4v) is 5.06. The maximum Gasteiger partial charge on any atom is 0.232 e. The van der Waals surface area contributed by atoms with Gasteiger partial charge in [-0.3, -0.25) is 14.6 Å². The molecule has 0 unspecified atom stereocenters. The average Bonchev–Trinajstić information content (AvgIpc) is 3.19. The van der Waals surface area contributed by atoms with E-state index in [1.54, 1.807) is 13.0 Å². The Hall–Kier alpha value is -3.18. The number of sulfonamides is 1. The topological polar surface area (TPSA) is 108 Å². The summed E-state index contributed by atoms with van der Waals surface area (Å²) in [6, 6.07) is 3.58. The number of carbonyl (C=O) groups excluding carboxylic acids is 1. The highest BCUT2D eigenvalue weighted by Gasteiger charge is 2.23. The molecule has 0 aliphatic carbocycles. The van der Waals surface area contributed by atoms with E-state index in [1.807, 2.05) is 7.05 Å². The summed E-state index contributed by atoms with van der Waals surface area (Å²) < 4.78 is 55.5. The minimum atomic E-state index is -3.81. The van der Waals surface area contributed by atoms with Crippen molar-refractivity contribution in [3.05, 3.63) is 58.9 Å². The van der Waals surface area contributed by atoms with E-state index in [0.717, 1.165) is 48.3 Å². The Morgan fingerprint density at radius 1 is 1.29 bits per heavy atom. The second kappa shape index (κ2) is 9.59. The van der Waals surface area contributed by atoms with Crippen LogP contribution >= 0.6 is 0 Å². The van der Waals surface area contributed by atoms with Gasteiger partial charge >= 0.3 is 0 Å². The SMILES string of the molecule is CCCS(=O)(=O)Nc1ccc(F)c(C(=O)Cc2cnc3n[nH]c(C4=CCN(C)CC4)c3c2)c1F. The normalized spacial score (nSPS) is 14.9. The minimum Gasteiger partial charge on any atom is -0.302 e. The molecule has 0 bridgehead atoms. The number of hydrogen-bond donors (Lipinski definition) is 2. The van der Waals surface area contributed by atoms with Crippen molar-refractivity contribution in [1.29, 1.82) is 0 Å². The van der Waals surface area contributed by atoms with Crippen molar-refractivity contribution in [3.8, 4) is 0 Å². The van der Waals surface area contributed by atoms with Gasteiger partial charge in [-0.25, -0.2) is 22.2 Å². The number of benzene rings is 1. The van der Waals surface area contributed by atoms with Crippen LogP contribution in [0.15, 0.2) is 30.5 Å². The molecule has 0 radical (unpaired) electrons. The molecular weight excluding hydrogens is 464 g/mol. The van der Waals surface area contributed by atoms with Crippen molar-refractivity contribution in [2.24, 2.45) is 0 Å². The lowest BCUT2D eigenvalue weighted by molar-refractivity contribution is 0.0985. The Kier molecular flexibility index (Phi) is 6.76. The molecule has 0 saturated heterocycles. The van der Waals surface area contributed by atoms with Crippen LogP contribution in [0, 0.1) is 11.6 Å². The highest BCUT2D eigenvalue weighted by atomic mass is 32.2. The largest absolute Gasteiger partial charge is 0.302 e. The summed E-state index contributed by atoms with van der Waals surface area (Å²) in [5.41, 5.74) is 1.60. The first-order chi connectivity index (χ1) is 16.2. The maximum absolute atomic E-state index is 15.0. The minimum absolute atomic E-state index is 0.224. The van der Waals surface area contributed by atoms with Gasteiger partial charge in [-0.05, 0) is 49.2 Å². The Morgan fingerprint density at radius 2 is 2.09 bits per heavy atom. The molecule has 2 N–H and O–H groups in total. The highest BCUT2D eigenvalue weighted by molar-refractivity contribution is 7.92. The average molecular weight is 490 g/mol. The van der Waals surface area contributed by atoms with Gasteiger partial charge in [0.1, 0.15) is 5.82 Å². The molecule has 180 valence electrons. The lowest BCUT2D eigenvalue weighted by atomic mass is 9.99. The summed E-state index contributed by atoms with van der Waals surface area (Å²) >= 11 is 0. The van der Waals surface area contributed by atoms with E-state index in [4.69, 9.17) is 0 Å². The number of nitrogens with zero attached hydrogens (tertiary/aromatic N) is 3. The van der Waals surface area contributed by atoms with Crippen molar-refractivity contribution in [2.45, 2.75) is 26.2 Å². The van der Waals surface area contributed by atoms with Gasteiger partial charge in [0.2, 0.25) is 10.0 Å². The van der Waals surface area contributed by atoms with E-state index >= 15 is 0 Å². The van der Waals surface area contributed by atoms with Gasteiger partial charge in [-0.1, -0.05) is 13.0 Å². The second-order valence-electron chi connectivity index (χ2n) is 8.36. The van der Waals surface area contributed by atoms with Crippen LogP contribution in [0.5, 0.6) is 0 Å². The van der Waals surface area contributed by atoms with E-state index in [0.29, 0.717) is 17.6 Å². The number of ketones is 1. The third-order valence-corrected chi connectivity index (χ3v) is 7.15. The van der Waals surface area contributed by atoms with E-state index in [-0.39, 0.29) is 12.2 Å². The summed E-state index contributed by atoms with van der Waals surface area (Å²) in [6.07, 6.45) is 4.38. The molecule has 2 aromatic heterocycles. The summed E-state index contributed by atoms with van der Waals surface area (Å²) in [5, 5.41) is 7.94. The molecule has 3 aromatic rings. The van der Waals surface area contributed by atoms with E-state index in [1.165, 1.54) is 6.20 Å². The van der Waals surface area contributed by atoms with Crippen LogP contribution in [0.2, 0.25) is 0 Å². The summed E-state index contributed by atoms with van der Waals surface area (Å²) in [5.74, 6) is -3.34. The van der Waals surface area contributed by atoms with Gasteiger partial charge in [0, 0.05) is 31.1 Å². The van der Waals surface area contributed by atoms with Crippen LogP contribution in [0.4, 0.5) is 14.5 Å². The molecule has 11 heteroatoms. The summed E-state index contributed by atoms with van der Waals surface area (Å²) in [4.78, 5) is 19.3. The van der Waals surface area contributed by atoms with Crippen molar-refractivity contribution < 1.29 is 22.0 Å². The lowest BCUT2D eigenvalue weighted by Gasteiger charge is -2.21. The number of Topliss-reactive ketones (excluding diaryl/α,β-unsaturated/α-hetero) is 1. The van der Waals surface area contributed by atoms with Crippen LogP contribution in [0.25, 0.3) is 16.6 Å². The highest BCUT2D eigenvalue weighted by Crippen LogP contribution is 2.28. The molecule has 0 spiro atoms. The fourth-order valence-electron chi connectivity index (χ4n) is 3.93. The number of aromatic amines is 1. The molecule has 1 aliphatic heterocycles. The molecule has 1 aromatic carbocycles. The smallest absolute Gasteiger partial charge is 0.232 e. The number of carbonyl (C=O) groups is 1. The van der Waals surface area contributed by atoms with Crippen LogP contribution in [0.1, 0.15) is 41.4 Å². The fraction of sp³-hybridized carbons (Fsp3) is 0.348. The zero-order chi connectivity index (χ0) is 24.5. The van der Waals surface area contributed by atoms with Crippen LogP contribution in [-0.2, 0) is 16.4 Å². The quantitative estimate of drug-likeness (QED) is 0.469. The predicted octanol–water partition coefficient (Wildman–Crippen LogP) is 3.53. The Morgan fingerprint density at radius 3 is 2.79 bits per heavy atom. The summed E-state index contributed by atoms with van der Waals surface area (Å²) in [6.45, 7) is 3.36. The van der Waals surface area contributed by atoms with E-state index in [9.17, 15) is 22.0 Å². The summed E-state index contributed by atoms with van der Waals surface area (Å²) in [7, 11) is -1.78. The Labute approximate surface area is 196 Å². The van der Waals surface area contributed by atoms with Crippen LogP contribution < -0.4 is 4.72 Å². The van der Waals surface area contributed by atoms with Crippen molar-refractivity contribution in [1.82, 2.24) is 20.1 Å². The first-order valence-electron chi connectivity index (χ1n) is 10.9. The number of H-pyrrole nitrogens is 1. The number of pyridine rings is 1. The molecule has 8 nitrogen and oxygen atoms in total. The molecule has 0 amide bonds. The van der Waals surface area contributed by atoms with Gasteiger partial charge in [0.05, 0.1) is 22.7 Å². The first kappa shape index (κ1) is 24.0. The monoisotopic (exact) mass is 489 g/mol. The molecular formula is C23H25F2N5O3S. The first-order valence-corrected chi connectivity index (χ1v) is 12.6. The van der Waals surface area contributed by atoms with Gasteiger partial charge in [0.25, 0.3) is 0 Å². The number of anilines is 1. The van der Waals surface area contributed by atoms with Gasteiger partial charge in [-0.2, -0.15) is 5.10 Å². The number of rotatable bonds is 8. The van der Waals surface area contributed by atoms with E-state index in [2.05, 4.69) is 30.9 Å². The number of aromatic nitrogens is 3. The van der Waals surface area contributed by atoms with Gasteiger partial charge < -0.3 is 4.90 Å². The number of hydrogen-bond acceptors (Lipinski definition) is 6. The number of fused-ring (bicyclic) bond motifs is 1. The second-order valence-corrected chi connectivity index (χ2v) is 10.2. The predicted molar refractivity (Wildman–Crippen MR) is 126 cm³/mol. The number of nitrogens with one attached hydrogen (secondary N) is 2. The number of halogens is 2. The Bertz CT molecular complexity index is 1380. The van der Waals surface area contributed by atoms with E-state index < -0.39 is 38.7 Å². The van der Waals surface area contributed by atoms with Crippen molar-refractivity contribution >= 4 is 38.1 Å². The van der Waals surface area contributed by atoms with Gasteiger partial charge in [-0.15, -0.1) is 0 Å². The standard InChI is InChI=1S/C23H25F2N5O3S/c1-3-10-34(32,33)29-18-5-4-17(24)20(21(18)25)19(31)12-14-11-16-22(27-28-23(16)26-13-14)15-6-8-30(2)9-7-15/h4-6,11,13,29H,3,7-10,12H2,1-2H3,(H,26,27,28). The molecule has 34 heavy (non-hydrogen) atoms.